The highest BCUT2D eigenvalue weighted by atomic mass is 16.4. The van der Waals surface area contributed by atoms with Gasteiger partial charge in [0.05, 0.1) is 0 Å². The minimum atomic E-state index is -1.10. The molecule has 0 saturated heterocycles. The average molecular weight is 224 g/mol. The van der Waals surface area contributed by atoms with E-state index in [0.717, 1.165) is 6.42 Å². The molecule has 1 unspecified atom stereocenters. The van der Waals surface area contributed by atoms with Gasteiger partial charge in [0, 0.05) is 5.92 Å². The summed E-state index contributed by atoms with van der Waals surface area (Å²) in [5.41, 5.74) is -0.918. The number of aliphatic carboxylic acids is 1. The van der Waals surface area contributed by atoms with Crippen LogP contribution in [0.2, 0.25) is 0 Å². The van der Waals surface area contributed by atoms with E-state index in [4.69, 9.17) is 5.11 Å². The molecule has 1 heterocycles. The molecule has 1 atom stereocenters. The first-order valence-corrected chi connectivity index (χ1v) is 5.29. The number of hydrogen-bond donors (Lipinski definition) is 1. The van der Waals surface area contributed by atoms with Crippen LogP contribution in [0.3, 0.4) is 0 Å². The van der Waals surface area contributed by atoms with Crippen LogP contribution in [0.15, 0.2) is 0 Å². The first-order chi connectivity index (χ1) is 7.27. The van der Waals surface area contributed by atoms with Crippen molar-refractivity contribution < 1.29 is 9.90 Å². The number of hydrogen-bond acceptors (Lipinski definition) is 4. The molecule has 0 radical (unpaired) electrons. The SMILES string of the molecule is CC1(C)CC1c1nnnn1C(C)(C)C(=O)O. The van der Waals surface area contributed by atoms with E-state index >= 15 is 0 Å². The maximum atomic E-state index is 11.2. The molecule has 1 aromatic rings. The first-order valence-electron chi connectivity index (χ1n) is 5.29. The lowest BCUT2D eigenvalue weighted by Crippen LogP contribution is -2.38. The van der Waals surface area contributed by atoms with E-state index in [0.29, 0.717) is 5.82 Å². The molecular formula is C10H16N4O2. The van der Waals surface area contributed by atoms with Crippen molar-refractivity contribution in [3.8, 4) is 0 Å². The monoisotopic (exact) mass is 224 g/mol. The van der Waals surface area contributed by atoms with Gasteiger partial charge in [-0.3, -0.25) is 0 Å². The molecule has 2 rings (SSSR count). The minimum absolute atomic E-state index is 0.182. The van der Waals surface area contributed by atoms with Gasteiger partial charge in [0.15, 0.2) is 11.4 Å². The van der Waals surface area contributed by atoms with Crippen LogP contribution in [0.25, 0.3) is 0 Å². The molecule has 1 N–H and O–H groups in total. The Morgan fingerprint density at radius 1 is 1.56 bits per heavy atom. The van der Waals surface area contributed by atoms with Crippen molar-refractivity contribution in [1.82, 2.24) is 20.2 Å². The Morgan fingerprint density at radius 2 is 2.12 bits per heavy atom. The molecule has 0 bridgehead atoms. The molecule has 0 amide bonds. The number of carboxylic acids is 1. The van der Waals surface area contributed by atoms with Gasteiger partial charge >= 0.3 is 5.97 Å². The number of rotatable bonds is 3. The second-order valence-corrected chi connectivity index (χ2v) is 5.56. The van der Waals surface area contributed by atoms with Gasteiger partial charge in [-0.1, -0.05) is 13.8 Å². The highest BCUT2D eigenvalue weighted by Gasteiger charge is 2.51. The zero-order chi connectivity index (χ0) is 12.1. The summed E-state index contributed by atoms with van der Waals surface area (Å²) in [5.74, 6) is 0.0121. The van der Waals surface area contributed by atoms with E-state index < -0.39 is 11.5 Å². The van der Waals surface area contributed by atoms with E-state index in [9.17, 15) is 4.79 Å². The molecule has 1 aliphatic rings. The van der Waals surface area contributed by atoms with Crippen LogP contribution in [-0.4, -0.2) is 31.3 Å². The number of carboxylic acid groups (broad SMARTS) is 1. The van der Waals surface area contributed by atoms with Gasteiger partial charge in [0.2, 0.25) is 0 Å². The third-order valence-electron chi connectivity index (χ3n) is 3.37. The summed E-state index contributed by atoms with van der Waals surface area (Å²) in [6, 6.07) is 0. The van der Waals surface area contributed by atoms with E-state index in [1.165, 1.54) is 4.68 Å². The fourth-order valence-electron chi connectivity index (χ4n) is 1.81. The molecule has 1 aliphatic carbocycles. The summed E-state index contributed by atoms with van der Waals surface area (Å²) < 4.78 is 1.43. The van der Waals surface area contributed by atoms with Crippen LogP contribution in [0.4, 0.5) is 0 Å². The number of carbonyl (C=O) groups is 1. The Morgan fingerprint density at radius 3 is 2.56 bits per heavy atom. The predicted octanol–water partition coefficient (Wildman–Crippen LogP) is 1.01. The van der Waals surface area contributed by atoms with Crippen LogP contribution in [-0.2, 0) is 10.3 Å². The lowest BCUT2D eigenvalue weighted by atomic mass is 10.1. The lowest BCUT2D eigenvalue weighted by Gasteiger charge is -2.20. The number of aromatic nitrogens is 4. The van der Waals surface area contributed by atoms with Crippen molar-refractivity contribution in [2.75, 3.05) is 0 Å². The molecule has 1 saturated carbocycles. The highest BCUT2D eigenvalue weighted by molar-refractivity contribution is 5.75. The molecule has 1 fully saturated rings. The Hall–Kier alpha value is -1.46. The first kappa shape index (κ1) is 11.0. The third-order valence-corrected chi connectivity index (χ3v) is 3.37. The van der Waals surface area contributed by atoms with E-state index in [1.807, 2.05) is 0 Å². The lowest BCUT2D eigenvalue weighted by molar-refractivity contribution is -0.146. The number of nitrogens with zero attached hydrogens (tertiary/aromatic N) is 4. The van der Waals surface area contributed by atoms with Crippen molar-refractivity contribution in [3.05, 3.63) is 5.82 Å². The molecule has 16 heavy (non-hydrogen) atoms. The molecular weight excluding hydrogens is 208 g/mol. The fraction of sp³-hybridized carbons (Fsp3) is 0.800. The summed E-state index contributed by atoms with van der Waals surface area (Å²) in [6.45, 7) is 7.46. The van der Waals surface area contributed by atoms with Crippen LogP contribution in [0, 0.1) is 5.41 Å². The smallest absolute Gasteiger partial charge is 0.331 e. The average Bonchev–Trinajstić information content (AvgIpc) is 2.65. The van der Waals surface area contributed by atoms with Gasteiger partial charge in [-0.25, -0.2) is 9.48 Å². The van der Waals surface area contributed by atoms with Crippen molar-refractivity contribution in [2.45, 2.75) is 45.6 Å². The van der Waals surface area contributed by atoms with Crippen molar-refractivity contribution >= 4 is 5.97 Å². The molecule has 0 aromatic carbocycles. The van der Waals surface area contributed by atoms with Gasteiger partial charge in [-0.15, -0.1) is 5.10 Å². The Kier molecular flexibility index (Phi) is 2.09. The van der Waals surface area contributed by atoms with Crippen molar-refractivity contribution in [1.29, 1.82) is 0 Å². The quantitative estimate of drug-likeness (QED) is 0.828. The standard InChI is InChI=1S/C10H16N4O2/c1-9(2)5-6(9)7-11-12-13-14(7)10(3,4)8(15)16/h6H,5H2,1-4H3,(H,15,16). The molecule has 6 heteroatoms. The Labute approximate surface area is 93.6 Å². The van der Waals surface area contributed by atoms with Gasteiger partial charge < -0.3 is 5.11 Å². The van der Waals surface area contributed by atoms with Crippen molar-refractivity contribution in [2.24, 2.45) is 5.41 Å². The third kappa shape index (κ3) is 1.48. The summed E-state index contributed by atoms with van der Waals surface area (Å²) in [6.07, 6.45) is 1.00. The van der Waals surface area contributed by atoms with Crippen molar-refractivity contribution in [3.63, 3.8) is 0 Å². The molecule has 0 aliphatic heterocycles. The topological polar surface area (TPSA) is 80.9 Å². The number of tetrazole rings is 1. The zero-order valence-electron chi connectivity index (χ0n) is 9.93. The molecule has 88 valence electrons. The van der Waals surface area contributed by atoms with Gasteiger partial charge in [-0.2, -0.15) is 0 Å². The summed E-state index contributed by atoms with van der Waals surface area (Å²) in [5, 5.41) is 20.5. The minimum Gasteiger partial charge on any atom is -0.479 e. The normalized spacial score (nSPS) is 23.1. The zero-order valence-corrected chi connectivity index (χ0v) is 9.93. The molecule has 6 nitrogen and oxygen atoms in total. The summed E-state index contributed by atoms with van der Waals surface area (Å²) in [4.78, 5) is 11.2. The predicted molar refractivity (Wildman–Crippen MR) is 55.9 cm³/mol. The second-order valence-electron chi connectivity index (χ2n) is 5.56. The molecule has 1 aromatic heterocycles. The molecule has 0 spiro atoms. The Balaban J connectivity index is 2.38. The van der Waals surface area contributed by atoms with E-state index in [-0.39, 0.29) is 11.3 Å². The van der Waals surface area contributed by atoms with Crippen LogP contribution in [0.1, 0.15) is 45.9 Å². The summed E-state index contributed by atoms with van der Waals surface area (Å²) >= 11 is 0. The fourth-order valence-corrected chi connectivity index (χ4v) is 1.81. The maximum Gasteiger partial charge on any atom is 0.331 e. The Bertz CT molecular complexity index is 436. The van der Waals surface area contributed by atoms with E-state index in [2.05, 4.69) is 29.4 Å². The second kappa shape index (κ2) is 3.02. The van der Waals surface area contributed by atoms with Crippen LogP contribution < -0.4 is 0 Å². The van der Waals surface area contributed by atoms with Gasteiger partial charge in [0.25, 0.3) is 0 Å². The van der Waals surface area contributed by atoms with Gasteiger partial charge in [-0.05, 0) is 36.1 Å². The summed E-state index contributed by atoms with van der Waals surface area (Å²) in [7, 11) is 0. The van der Waals surface area contributed by atoms with Crippen LogP contribution >= 0.6 is 0 Å². The maximum absolute atomic E-state index is 11.2. The van der Waals surface area contributed by atoms with Gasteiger partial charge in [0.1, 0.15) is 0 Å². The largest absolute Gasteiger partial charge is 0.479 e. The van der Waals surface area contributed by atoms with E-state index in [1.54, 1.807) is 13.8 Å². The van der Waals surface area contributed by atoms with Crippen LogP contribution in [0.5, 0.6) is 0 Å². The highest BCUT2D eigenvalue weighted by Crippen LogP contribution is 2.58.